The van der Waals surface area contributed by atoms with E-state index in [1.54, 1.807) is 0 Å². The van der Waals surface area contributed by atoms with E-state index in [2.05, 4.69) is 0 Å². The first kappa shape index (κ1) is 7.95. The fraction of sp³-hybridized carbons (Fsp3) is 0.667. The van der Waals surface area contributed by atoms with Crippen LogP contribution >= 0.6 is 0 Å². The molecule has 0 aromatic rings. The molecule has 0 amide bonds. The van der Waals surface area contributed by atoms with Gasteiger partial charge in [-0.1, -0.05) is 19.1 Å². The minimum Gasteiger partial charge on any atom is -0.396 e. The summed E-state index contributed by atoms with van der Waals surface area (Å²) in [7, 11) is 0. The Morgan fingerprint density at radius 1 is 1.50 bits per heavy atom. The van der Waals surface area contributed by atoms with Crippen LogP contribution in [0.25, 0.3) is 0 Å². The molecule has 0 spiro atoms. The Balaban J connectivity index is 2.25. The van der Waals surface area contributed by atoms with Crippen molar-refractivity contribution in [3.05, 3.63) is 12.2 Å². The molecule has 3 nitrogen and oxygen atoms in total. The van der Waals surface area contributed by atoms with Gasteiger partial charge in [0, 0.05) is 5.92 Å². The van der Waals surface area contributed by atoms with Crippen LogP contribution in [0.5, 0.6) is 0 Å². The van der Waals surface area contributed by atoms with E-state index in [4.69, 9.17) is 9.84 Å². The fourth-order valence-electron chi connectivity index (χ4n) is 1.86. The molecular formula is C9H12O3. The molecule has 4 atom stereocenters. The summed E-state index contributed by atoms with van der Waals surface area (Å²) in [6.07, 6.45) is 3.57. The van der Waals surface area contributed by atoms with Gasteiger partial charge in [0.1, 0.15) is 5.78 Å². The zero-order valence-corrected chi connectivity index (χ0v) is 6.93. The molecule has 0 aromatic heterocycles. The van der Waals surface area contributed by atoms with Crippen LogP contribution in [-0.4, -0.2) is 29.7 Å². The van der Waals surface area contributed by atoms with Gasteiger partial charge in [0.05, 0.1) is 24.7 Å². The van der Waals surface area contributed by atoms with Gasteiger partial charge in [0.25, 0.3) is 0 Å². The molecule has 0 radical (unpaired) electrons. The lowest BCUT2D eigenvalue weighted by Gasteiger charge is -2.31. The molecule has 2 aliphatic rings. The van der Waals surface area contributed by atoms with Crippen LogP contribution in [0.2, 0.25) is 0 Å². The minimum absolute atomic E-state index is 0.0506. The smallest absolute Gasteiger partial charge is 0.146 e. The van der Waals surface area contributed by atoms with Gasteiger partial charge in [-0.15, -0.1) is 0 Å². The predicted octanol–water partition coefficient (Wildman–Crippen LogP) is 0.137. The van der Waals surface area contributed by atoms with Crippen molar-refractivity contribution in [1.82, 2.24) is 0 Å². The Morgan fingerprint density at radius 3 is 2.83 bits per heavy atom. The topological polar surface area (TPSA) is 46.5 Å². The van der Waals surface area contributed by atoms with Crippen LogP contribution < -0.4 is 0 Å². The number of hydrogen-bond acceptors (Lipinski definition) is 3. The van der Waals surface area contributed by atoms with Crippen molar-refractivity contribution >= 4 is 5.78 Å². The summed E-state index contributed by atoms with van der Waals surface area (Å²) < 4.78 is 5.49. The number of rotatable bonds is 1. The highest BCUT2D eigenvalue weighted by molar-refractivity contribution is 5.86. The summed E-state index contributed by atoms with van der Waals surface area (Å²) in [6, 6.07) is 0. The summed E-state index contributed by atoms with van der Waals surface area (Å²) in [4.78, 5) is 11.5. The number of aliphatic hydroxyl groups is 1. The van der Waals surface area contributed by atoms with Crippen LogP contribution in [0.3, 0.4) is 0 Å². The van der Waals surface area contributed by atoms with Crippen molar-refractivity contribution in [1.29, 1.82) is 0 Å². The second kappa shape index (κ2) is 2.68. The van der Waals surface area contributed by atoms with E-state index < -0.39 is 0 Å². The lowest BCUT2D eigenvalue weighted by Crippen LogP contribution is -2.44. The van der Waals surface area contributed by atoms with Gasteiger partial charge in [0.2, 0.25) is 0 Å². The summed E-state index contributed by atoms with van der Waals surface area (Å²) >= 11 is 0. The Bertz CT molecular complexity index is 234. The molecular weight excluding hydrogens is 156 g/mol. The fourth-order valence-corrected chi connectivity index (χ4v) is 1.86. The molecule has 1 fully saturated rings. The predicted molar refractivity (Wildman–Crippen MR) is 42.5 cm³/mol. The Labute approximate surface area is 71.0 Å². The average molecular weight is 168 g/mol. The first-order valence-corrected chi connectivity index (χ1v) is 4.22. The first-order chi connectivity index (χ1) is 5.74. The molecule has 2 aliphatic heterocycles. The molecule has 0 aliphatic carbocycles. The molecule has 3 heteroatoms. The van der Waals surface area contributed by atoms with Crippen molar-refractivity contribution < 1.29 is 14.6 Å². The highest BCUT2D eigenvalue weighted by Gasteiger charge is 2.43. The second-order valence-corrected chi connectivity index (χ2v) is 3.43. The zero-order valence-electron chi connectivity index (χ0n) is 6.93. The van der Waals surface area contributed by atoms with Gasteiger partial charge < -0.3 is 9.84 Å². The molecule has 1 N–H and O–H groups in total. The van der Waals surface area contributed by atoms with Crippen molar-refractivity contribution in [3.8, 4) is 0 Å². The van der Waals surface area contributed by atoms with Gasteiger partial charge in [-0.25, -0.2) is 0 Å². The van der Waals surface area contributed by atoms with E-state index in [0.29, 0.717) is 0 Å². The maximum absolute atomic E-state index is 11.5. The maximum Gasteiger partial charge on any atom is 0.146 e. The van der Waals surface area contributed by atoms with Gasteiger partial charge in [0.15, 0.2) is 0 Å². The Morgan fingerprint density at radius 2 is 2.17 bits per heavy atom. The molecule has 2 heterocycles. The van der Waals surface area contributed by atoms with Crippen LogP contribution in [0.15, 0.2) is 12.2 Å². The van der Waals surface area contributed by atoms with E-state index in [-0.39, 0.29) is 36.4 Å². The van der Waals surface area contributed by atoms with Crippen LogP contribution in [0.1, 0.15) is 6.92 Å². The molecule has 1 saturated heterocycles. The molecule has 2 rings (SSSR count). The number of ether oxygens (including phenoxy) is 1. The monoisotopic (exact) mass is 168 g/mol. The number of aliphatic hydroxyl groups excluding tert-OH is 1. The molecule has 66 valence electrons. The SMILES string of the molecule is C[C@H]1C(=O)[C@@H](CO)[C@@H]2C=C[C@H]1O2. The normalized spacial score (nSPS) is 45.3. The summed E-state index contributed by atoms with van der Waals surface area (Å²) in [5.41, 5.74) is 0. The van der Waals surface area contributed by atoms with Crippen LogP contribution in [-0.2, 0) is 9.53 Å². The first-order valence-electron chi connectivity index (χ1n) is 4.22. The number of carbonyl (C=O) groups is 1. The third-order valence-electron chi connectivity index (χ3n) is 2.71. The summed E-state index contributed by atoms with van der Waals surface area (Å²) in [5.74, 6) is -0.309. The van der Waals surface area contributed by atoms with Gasteiger partial charge >= 0.3 is 0 Å². The Hall–Kier alpha value is -0.670. The number of hydrogen-bond donors (Lipinski definition) is 1. The third kappa shape index (κ3) is 0.934. The van der Waals surface area contributed by atoms with Gasteiger partial charge in [-0.3, -0.25) is 4.79 Å². The van der Waals surface area contributed by atoms with E-state index in [1.807, 2.05) is 19.1 Å². The molecule has 12 heavy (non-hydrogen) atoms. The summed E-state index contributed by atoms with van der Waals surface area (Å²) in [6.45, 7) is 1.74. The highest BCUT2D eigenvalue weighted by Crippen LogP contribution is 2.32. The maximum atomic E-state index is 11.5. The van der Waals surface area contributed by atoms with E-state index in [0.717, 1.165) is 0 Å². The van der Waals surface area contributed by atoms with Crippen LogP contribution in [0, 0.1) is 11.8 Å². The summed E-state index contributed by atoms with van der Waals surface area (Å²) in [5, 5.41) is 8.96. The van der Waals surface area contributed by atoms with Crippen molar-refractivity contribution in [2.75, 3.05) is 6.61 Å². The molecule has 0 aromatic carbocycles. The number of ketones is 1. The van der Waals surface area contributed by atoms with E-state index in [1.165, 1.54) is 0 Å². The van der Waals surface area contributed by atoms with Gasteiger partial charge in [-0.05, 0) is 0 Å². The van der Waals surface area contributed by atoms with Crippen molar-refractivity contribution in [3.63, 3.8) is 0 Å². The highest BCUT2D eigenvalue weighted by atomic mass is 16.5. The van der Waals surface area contributed by atoms with E-state index >= 15 is 0 Å². The lowest BCUT2D eigenvalue weighted by atomic mass is 9.87. The second-order valence-electron chi connectivity index (χ2n) is 3.43. The minimum atomic E-state index is -0.338. The quantitative estimate of drug-likeness (QED) is 0.566. The lowest BCUT2D eigenvalue weighted by molar-refractivity contribution is -0.146. The average Bonchev–Trinajstić information content (AvgIpc) is 2.49. The van der Waals surface area contributed by atoms with Crippen LogP contribution in [0.4, 0.5) is 0 Å². The van der Waals surface area contributed by atoms with Crippen molar-refractivity contribution in [2.24, 2.45) is 11.8 Å². The van der Waals surface area contributed by atoms with E-state index in [9.17, 15) is 4.79 Å². The molecule has 0 saturated carbocycles. The molecule has 0 unspecified atom stereocenters. The number of fused-ring (bicyclic) bond motifs is 2. The largest absolute Gasteiger partial charge is 0.396 e. The van der Waals surface area contributed by atoms with Crippen molar-refractivity contribution in [2.45, 2.75) is 19.1 Å². The molecule has 2 bridgehead atoms. The Kier molecular flexibility index (Phi) is 1.77. The number of Topliss-reactive ketones (excluding diaryl/α,β-unsaturated/α-hetero) is 1. The third-order valence-corrected chi connectivity index (χ3v) is 2.71. The van der Waals surface area contributed by atoms with Gasteiger partial charge in [-0.2, -0.15) is 0 Å². The number of carbonyl (C=O) groups excluding carboxylic acids is 1. The standard InChI is InChI=1S/C9H12O3/c1-5-7-2-3-8(12-7)6(4-10)9(5)11/h2-3,5-8,10H,4H2,1H3/t5-,6+,7-,8+/m1/s1. The zero-order chi connectivity index (χ0) is 8.72.